The number of rotatable bonds is 12. The Balaban J connectivity index is 4.72. The Morgan fingerprint density at radius 3 is 1.95 bits per heavy atom. The second kappa shape index (κ2) is 10.2. The summed E-state index contributed by atoms with van der Waals surface area (Å²) >= 11 is 0. The summed E-state index contributed by atoms with van der Waals surface area (Å²) in [6.07, 6.45) is 5.28. The molecule has 4 heteroatoms. The molecule has 0 aliphatic rings. The van der Waals surface area contributed by atoms with Crippen LogP contribution in [0, 0.1) is 5.41 Å². The van der Waals surface area contributed by atoms with E-state index in [0.29, 0.717) is 19.7 Å². The lowest BCUT2D eigenvalue weighted by molar-refractivity contribution is -0.134. The van der Waals surface area contributed by atoms with E-state index >= 15 is 0 Å². The lowest BCUT2D eigenvalue weighted by Gasteiger charge is -2.35. The van der Waals surface area contributed by atoms with E-state index in [4.69, 9.17) is 10.5 Å². The first-order valence-electron chi connectivity index (χ1n) is 8.62. The molecule has 0 saturated carbocycles. The standard InChI is InChI=1S/C17H36N2O2/c1-6-16(7-2,15(20)19-10-5)12-14-21-17(8-3,9-4)11-13-18/h6-14,18H2,1-5H3,(H,19,20). The van der Waals surface area contributed by atoms with Crippen molar-refractivity contribution in [3.05, 3.63) is 0 Å². The molecule has 3 N–H and O–H groups in total. The molecule has 4 nitrogen and oxygen atoms in total. The normalized spacial score (nSPS) is 12.5. The molecule has 0 aliphatic carbocycles. The van der Waals surface area contributed by atoms with Gasteiger partial charge in [0.1, 0.15) is 0 Å². The molecule has 0 heterocycles. The van der Waals surface area contributed by atoms with E-state index in [0.717, 1.165) is 38.5 Å². The summed E-state index contributed by atoms with van der Waals surface area (Å²) in [5, 5.41) is 2.97. The van der Waals surface area contributed by atoms with Crippen LogP contribution in [-0.4, -0.2) is 31.2 Å². The number of nitrogens with one attached hydrogen (secondary N) is 1. The number of ether oxygens (including phenoxy) is 1. The minimum absolute atomic E-state index is 0.122. The highest BCUT2D eigenvalue weighted by atomic mass is 16.5. The number of hydrogen-bond donors (Lipinski definition) is 2. The molecule has 0 aliphatic heterocycles. The topological polar surface area (TPSA) is 64.3 Å². The van der Waals surface area contributed by atoms with Crippen LogP contribution >= 0.6 is 0 Å². The molecule has 0 fully saturated rings. The third kappa shape index (κ3) is 5.59. The van der Waals surface area contributed by atoms with Gasteiger partial charge in [-0.15, -0.1) is 0 Å². The van der Waals surface area contributed by atoms with Gasteiger partial charge in [-0.05, 0) is 52.0 Å². The highest BCUT2D eigenvalue weighted by Gasteiger charge is 2.35. The fourth-order valence-electron chi connectivity index (χ4n) is 2.99. The van der Waals surface area contributed by atoms with Crippen molar-refractivity contribution in [3.63, 3.8) is 0 Å². The van der Waals surface area contributed by atoms with Gasteiger partial charge in [-0.1, -0.05) is 27.7 Å². The van der Waals surface area contributed by atoms with Gasteiger partial charge in [0.15, 0.2) is 0 Å². The quantitative estimate of drug-likeness (QED) is 0.581. The Kier molecular flexibility index (Phi) is 9.88. The Hall–Kier alpha value is -0.610. The van der Waals surface area contributed by atoms with Crippen LogP contribution < -0.4 is 11.1 Å². The van der Waals surface area contributed by atoms with Crippen molar-refractivity contribution in [2.45, 2.75) is 78.7 Å². The minimum atomic E-state index is -0.300. The summed E-state index contributed by atoms with van der Waals surface area (Å²) in [5.41, 5.74) is 5.30. The van der Waals surface area contributed by atoms with E-state index in [9.17, 15) is 4.79 Å². The van der Waals surface area contributed by atoms with Crippen LogP contribution in [0.3, 0.4) is 0 Å². The van der Waals surface area contributed by atoms with Crippen LogP contribution in [0.5, 0.6) is 0 Å². The fraction of sp³-hybridized carbons (Fsp3) is 0.941. The summed E-state index contributed by atoms with van der Waals surface area (Å²) in [7, 11) is 0. The molecule has 0 atom stereocenters. The zero-order valence-corrected chi connectivity index (χ0v) is 14.8. The second-order valence-corrected chi connectivity index (χ2v) is 5.87. The molecule has 1 amide bonds. The average Bonchev–Trinajstić information content (AvgIpc) is 2.51. The van der Waals surface area contributed by atoms with Crippen molar-refractivity contribution in [1.29, 1.82) is 0 Å². The number of hydrogen-bond acceptors (Lipinski definition) is 3. The summed E-state index contributed by atoms with van der Waals surface area (Å²) in [6, 6.07) is 0. The molecule has 0 aromatic heterocycles. The Morgan fingerprint density at radius 1 is 1.00 bits per heavy atom. The Labute approximate surface area is 131 Å². The monoisotopic (exact) mass is 300 g/mol. The molecule has 126 valence electrons. The van der Waals surface area contributed by atoms with Crippen molar-refractivity contribution in [1.82, 2.24) is 5.32 Å². The first-order valence-corrected chi connectivity index (χ1v) is 8.62. The molecule has 0 radical (unpaired) electrons. The van der Waals surface area contributed by atoms with Crippen LogP contribution in [0.1, 0.15) is 73.1 Å². The van der Waals surface area contributed by atoms with Gasteiger partial charge in [0.05, 0.1) is 11.0 Å². The van der Waals surface area contributed by atoms with Crippen molar-refractivity contribution < 1.29 is 9.53 Å². The first kappa shape index (κ1) is 20.4. The largest absolute Gasteiger partial charge is 0.375 e. The van der Waals surface area contributed by atoms with E-state index in [-0.39, 0.29) is 16.9 Å². The van der Waals surface area contributed by atoms with Crippen LogP contribution in [0.2, 0.25) is 0 Å². The van der Waals surface area contributed by atoms with Crippen LogP contribution in [0.4, 0.5) is 0 Å². The first-order chi connectivity index (χ1) is 9.99. The molecule has 0 unspecified atom stereocenters. The molecule has 0 aromatic rings. The molecular weight excluding hydrogens is 264 g/mol. The molecule has 21 heavy (non-hydrogen) atoms. The van der Waals surface area contributed by atoms with Crippen molar-refractivity contribution in [2.24, 2.45) is 11.1 Å². The summed E-state index contributed by atoms with van der Waals surface area (Å²) in [5.74, 6) is 0.163. The van der Waals surface area contributed by atoms with Gasteiger partial charge in [0.2, 0.25) is 5.91 Å². The minimum Gasteiger partial charge on any atom is -0.375 e. The van der Waals surface area contributed by atoms with Crippen LogP contribution in [0.25, 0.3) is 0 Å². The molecular formula is C17H36N2O2. The van der Waals surface area contributed by atoms with Crippen molar-refractivity contribution in [2.75, 3.05) is 19.7 Å². The van der Waals surface area contributed by atoms with Gasteiger partial charge in [0.25, 0.3) is 0 Å². The van der Waals surface area contributed by atoms with Gasteiger partial charge in [-0.2, -0.15) is 0 Å². The molecule has 0 bridgehead atoms. The zero-order chi connectivity index (χ0) is 16.4. The van der Waals surface area contributed by atoms with E-state index in [1.165, 1.54) is 0 Å². The number of nitrogens with two attached hydrogens (primary N) is 1. The predicted molar refractivity (Wildman–Crippen MR) is 89.3 cm³/mol. The average molecular weight is 300 g/mol. The lowest BCUT2D eigenvalue weighted by atomic mass is 9.78. The molecule has 0 spiro atoms. The van der Waals surface area contributed by atoms with Crippen LogP contribution in [-0.2, 0) is 9.53 Å². The van der Waals surface area contributed by atoms with Crippen LogP contribution in [0.15, 0.2) is 0 Å². The van der Waals surface area contributed by atoms with E-state index in [2.05, 4.69) is 33.0 Å². The summed E-state index contributed by atoms with van der Waals surface area (Å²) in [6.45, 7) is 12.4. The summed E-state index contributed by atoms with van der Waals surface area (Å²) in [4.78, 5) is 12.4. The third-order valence-corrected chi connectivity index (χ3v) is 5.05. The smallest absolute Gasteiger partial charge is 0.226 e. The Morgan fingerprint density at radius 2 is 1.57 bits per heavy atom. The summed E-state index contributed by atoms with van der Waals surface area (Å²) < 4.78 is 6.20. The van der Waals surface area contributed by atoms with Gasteiger partial charge >= 0.3 is 0 Å². The maximum atomic E-state index is 12.4. The van der Waals surface area contributed by atoms with Gasteiger partial charge in [0, 0.05) is 13.2 Å². The van der Waals surface area contributed by atoms with Crippen molar-refractivity contribution >= 4 is 5.91 Å². The van der Waals surface area contributed by atoms with E-state index in [1.807, 2.05) is 6.92 Å². The number of carbonyl (C=O) groups is 1. The maximum Gasteiger partial charge on any atom is 0.226 e. The van der Waals surface area contributed by atoms with E-state index < -0.39 is 0 Å². The highest BCUT2D eigenvalue weighted by molar-refractivity contribution is 5.82. The lowest BCUT2D eigenvalue weighted by Crippen LogP contribution is -2.42. The third-order valence-electron chi connectivity index (χ3n) is 5.05. The predicted octanol–water partition coefficient (Wildman–Crippen LogP) is 3.24. The Bertz CT molecular complexity index is 285. The SMILES string of the molecule is CCNC(=O)C(CC)(CC)CCOC(CC)(CC)CCN. The second-order valence-electron chi connectivity index (χ2n) is 5.87. The molecule has 0 rings (SSSR count). The molecule has 0 saturated heterocycles. The molecule has 0 aromatic carbocycles. The van der Waals surface area contributed by atoms with Gasteiger partial charge in [-0.25, -0.2) is 0 Å². The van der Waals surface area contributed by atoms with Crippen molar-refractivity contribution in [3.8, 4) is 0 Å². The zero-order valence-electron chi connectivity index (χ0n) is 14.8. The highest BCUT2D eigenvalue weighted by Crippen LogP contribution is 2.33. The van der Waals surface area contributed by atoms with Gasteiger partial charge < -0.3 is 15.8 Å². The van der Waals surface area contributed by atoms with Gasteiger partial charge in [-0.3, -0.25) is 4.79 Å². The fourth-order valence-corrected chi connectivity index (χ4v) is 2.99. The number of carbonyl (C=O) groups excluding carboxylic acids is 1. The van der Waals surface area contributed by atoms with E-state index in [1.54, 1.807) is 0 Å². The maximum absolute atomic E-state index is 12.4. The number of amides is 1.